The Labute approximate surface area is 215 Å². The van der Waals surface area contributed by atoms with E-state index in [1.165, 1.54) is 32.6 Å². The van der Waals surface area contributed by atoms with Crippen LogP contribution in [-0.2, 0) is 26.3 Å². The van der Waals surface area contributed by atoms with E-state index in [4.69, 9.17) is 9.47 Å². The van der Waals surface area contributed by atoms with Gasteiger partial charge in [-0.15, -0.1) is 0 Å². The highest BCUT2D eigenvalue weighted by Crippen LogP contribution is 2.56. The molecule has 1 aliphatic heterocycles. The van der Waals surface area contributed by atoms with Gasteiger partial charge in [0.2, 0.25) is 0 Å². The number of amides is 1. The van der Waals surface area contributed by atoms with Crippen molar-refractivity contribution in [3.8, 4) is 17.2 Å². The smallest absolute Gasteiger partial charge is 0.259 e. The predicted octanol–water partition coefficient (Wildman–Crippen LogP) is 3.76. The molecule has 0 spiro atoms. The SMILES string of the molecule is COc1cc(O)c2c(c1C(=O)NCc1c(C)c(C)c(C)c(C)c1C)OC1=CC(=O)C(C(C)=O)C(=O)[C@]12C. The summed E-state index contributed by atoms with van der Waals surface area (Å²) < 4.78 is 11.3. The van der Waals surface area contributed by atoms with Crippen molar-refractivity contribution >= 4 is 23.3 Å². The molecular formula is C29H31NO7. The van der Waals surface area contributed by atoms with E-state index in [2.05, 4.69) is 26.1 Å². The van der Waals surface area contributed by atoms with Gasteiger partial charge in [0.15, 0.2) is 17.3 Å². The van der Waals surface area contributed by atoms with Crippen molar-refractivity contribution in [3.05, 3.63) is 62.4 Å². The number of carbonyl (C=O) groups excluding carboxylic acids is 4. The summed E-state index contributed by atoms with van der Waals surface area (Å²) >= 11 is 0. The molecule has 2 aromatic carbocycles. The zero-order valence-corrected chi connectivity index (χ0v) is 22.3. The summed E-state index contributed by atoms with van der Waals surface area (Å²) in [5, 5.41) is 13.8. The topological polar surface area (TPSA) is 119 Å². The number of allylic oxidation sites excluding steroid dienone is 2. The number of nitrogens with one attached hydrogen (secondary N) is 1. The number of hydrogen-bond donors (Lipinski definition) is 2. The Bertz CT molecular complexity index is 1420. The molecule has 1 aliphatic carbocycles. The Morgan fingerprint density at radius 3 is 2.16 bits per heavy atom. The van der Waals surface area contributed by atoms with Crippen LogP contribution in [0.3, 0.4) is 0 Å². The van der Waals surface area contributed by atoms with Crippen LogP contribution in [0.4, 0.5) is 0 Å². The van der Waals surface area contributed by atoms with Crippen LogP contribution in [0.5, 0.6) is 17.2 Å². The molecule has 0 saturated heterocycles. The van der Waals surface area contributed by atoms with E-state index in [0.717, 1.165) is 33.9 Å². The molecule has 0 bridgehead atoms. The molecule has 2 aromatic rings. The summed E-state index contributed by atoms with van der Waals surface area (Å²) in [5.74, 6) is -4.42. The molecule has 2 atom stereocenters. The summed E-state index contributed by atoms with van der Waals surface area (Å²) in [7, 11) is 1.35. The average Bonchev–Trinajstić information content (AvgIpc) is 3.14. The third kappa shape index (κ3) is 3.65. The first-order valence-corrected chi connectivity index (χ1v) is 12.0. The minimum atomic E-state index is -1.61. The lowest BCUT2D eigenvalue weighted by atomic mass is 9.67. The van der Waals surface area contributed by atoms with Crippen LogP contribution in [-0.4, -0.2) is 35.5 Å². The van der Waals surface area contributed by atoms with Crippen LogP contribution in [0.2, 0.25) is 0 Å². The summed E-state index contributed by atoms with van der Waals surface area (Å²) in [6, 6.07) is 1.24. The van der Waals surface area contributed by atoms with Crippen LogP contribution < -0.4 is 14.8 Å². The number of phenols is 1. The Hall–Kier alpha value is -3.94. The first-order valence-electron chi connectivity index (χ1n) is 12.0. The highest BCUT2D eigenvalue weighted by Gasteiger charge is 2.58. The Morgan fingerprint density at radius 2 is 1.62 bits per heavy atom. The molecule has 2 N–H and O–H groups in total. The van der Waals surface area contributed by atoms with Crippen molar-refractivity contribution in [2.45, 2.75) is 60.4 Å². The molecule has 1 amide bonds. The molecule has 0 aromatic heterocycles. The second kappa shape index (κ2) is 8.87. The van der Waals surface area contributed by atoms with Gasteiger partial charge in [0.1, 0.15) is 39.9 Å². The predicted molar refractivity (Wildman–Crippen MR) is 136 cm³/mol. The quantitative estimate of drug-likeness (QED) is 0.594. The van der Waals surface area contributed by atoms with Gasteiger partial charge in [-0.3, -0.25) is 19.2 Å². The van der Waals surface area contributed by atoms with Gasteiger partial charge in [0, 0.05) is 18.7 Å². The number of methoxy groups -OCH3 is 1. The van der Waals surface area contributed by atoms with Crippen molar-refractivity contribution in [1.82, 2.24) is 5.32 Å². The van der Waals surface area contributed by atoms with Crippen LogP contribution >= 0.6 is 0 Å². The first kappa shape index (κ1) is 26.1. The molecule has 8 nitrogen and oxygen atoms in total. The van der Waals surface area contributed by atoms with Crippen molar-refractivity contribution < 1.29 is 33.8 Å². The number of phenolic OH excluding ortho intramolecular Hbond substituents is 1. The zero-order valence-electron chi connectivity index (χ0n) is 22.3. The molecule has 0 fully saturated rings. The number of ether oxygens (including phenoxy) is 2. The van der Waals surface area contributed by atoms with Gasteiger partial charge >= 0.3 is 0 Å². The van der Waals surface area contributed by atoms with E-state index in [1.807, 2.05) is 13.8 Å². The second-order valence-electron chi connectivity index (χ2n) is 10.0. The van der Waals surface area contributed by atoms with E-state index in [0.29, 0.717) is 0 Å². The van der Waals surface area contributed by atoms with Crippen LogP contribution in [0.1, 0.15) is 63.1 Å². The van der Waals surface area contributed by atoms with Gasteiger partial charge in [-0.05, 0) is 81.8 Å². The van der Waals surface area contributed by atoms with Crippen LogP contribution in [0, 0.1) is 40.5 Å². The summed E-state index contributed by atoms with van der Waals surface area (Å²) in [6.45, 7) is 13.1. The van der Waals surface area contributed by atoms with E-state index in [-0.39, 0.29) is 40.7 Å². The van der Waals surface area contributed by atoms with Gasteiger partial charge in [-0.1, -0.05) is 0 Å². The number of aromatic hydroxyl groups is 1. The van der Waals surface area contributed by atoms with E-state index in [1.54, 1.807) is 0 Å². The number of benzene rings is 2. The van der Waals surface area contributed by atoms with E-state index in [9.17, 15) is 24.3 Å². The molecule has 4 rings (SSSR count). The monoisotopic (exact) mass is 505 g/mol. The Balaban J connectivity index is 1.81. The van der Waals surface area contributed by atoms with Crippen LogP contribution in [0.15, 0.2) is 17.9 Å². The highest BCUT2D eigenvalue weighted by molar-refractivity contribution is 6.27. The molecule has 194 valence electrons. The highest BCUT2D eigenvalue weighted by atomic mass is 16.5. The first-order chi connectivity index (χ1) is 17.3. The second-order valence-corrected chi connectivity index (χ2v) is 10.0. The normalized spacial score (nSPS) is 20.1. The average molecular weight is 506 g/mol. The maximum Gasteiger partial charge on any atom is 0.259 e. The summed E-state index contributed by atoms with van der Waals surface area (Å²) in [4.78, 5) is 51.6. The molecule has 37 heavy (non-hydrogen) atoms. The number of carbonyl (C=O) groups is 4. The van der Waals surface area contributed by atoms with Gasteiger partial charge in [0.05, 0.1) is 12.7 Å². The number of Topliss-reactive ketones (excluding diaryl/α,β-unsaturated/α-hetero) is 2. The largest absolute Gasteiger partial charge is 0.507 e. The fourth-order valence-electron chi connectivity index (χ4n) is 5.45. The third-order valence-corrected chi connectivity index (χ3v) is 8.18. The van der Waals surface area contributed by atoms with E-state index >= 15 is 0 Å². The summed E-state index contributed by atoms with van der Waals surface area (Å²) in [6.07, 6.45) is 1.10. The molecule has 1 heterocycles. The van der Waals surface area contributed by atoms with Crippen LogP contribution in [0.25, 0.3) is 0 Å². The number of rotatable bonds is 5. The van der Waals surface area contributed by atoms with Crippen molar-refractivity contribution in [2.75, 3.05) is 7.11 Å². The third-order valence-electron chi connectivity index (χ3n) is 8.18. The fraction of sp³-hybridized carbons (Fsp3) is 0.379. The standard InChI is InChI=1S/C29H31NO7/c1-12-13(2)15(4)18(16(5)14(12)3)11-30-28(35)24-21(36-8)9-20(33)25-26(24)37-22-10-19(32)23(17(6)31)27(34)29(22,25)7/h9-10,23,33H,11H2,1-8H3,(H,30,35)/t23?,29-/m1/s1. The lowest BCUT2D eigenvalue weighted by molar-refractivity contribution is -0.140. The van der Waals surface area contributed by atoms with Gasteiger partial charge in [-0.25, -0.2) is 0 Å². The lowest BCUT2D eigenvalue weighted by Crippen LogP contribution is -2.47. The van der Waals surface area contributed by atoms with Crippen molar-refractivity contribution in [2.24, 2.45) is 5.92 Å². The lowest BCUT2D eigenvalue weighted by Gasteiger charge is -2.30. The van der Waals surface area contributed by atoms with E-state index < -0.39 is 34.6 Å². The Kier molecular flexibility index (Phi) is 6.26. The van der Waals surface area contributed by atoms with Crippen molar-refractivity contribution in [1.29, 1.82) is 0 Å². The minimum Gasteiger partial charge on any atom is -0.507 e. The maximum absolute atomic E-state index is 13.6. The van der Waals surface area contributed by atoms with Gasteiger partial charge < -0.3 is 19.9 Å². The molecular weight excluding hydrogens is 474 g/mol. The molecule has 8 heteroatoms. The molecule has 0 saturated carbocycles. The minimum absolute atomic E-state index is 0.0117. The molecule has 1 unspecified atom stereocenters. The summed E-state index contributed by atoms with van der Waals surface area (Å²) in [5.41, 5.74) is 5.11. The number of fused-ring (bicyclic) bond motifs is 3. The maximum atomic E-state index is 13.6. The van der Waals surface area contributed by atoms with Gasteiger partial charge in [0.25, 0.3) is 5.91 Å². The van der Waals surface area contributed by atoms with Crippen molar-refractivity contribution in [3.63, 3.8) is 0 Å². The molecule has 0 radical (unpaired) electrons. The number of ketones is 3. The molecule has 2 aliphatic rings. The fourth-order valence-corrected chi connectivity index (χ4v) is 5.45. The zero-order chi connectivity index (χ0) is 27.6. The Morgan fingerprint density at radius 1 is 1.05 bits per heavy atom. The number of hydrogen-bond acceptors (Lipinski definition) is 7. The van der Waals surface area contributed by atoms with Gasteiger partial charge in [-0.2, -0.15) is 0 Å².